The number of carboxylic acid groups (broad SMARTS) is 1. The number of aromatic nitrogens is 1. The number of pyridine rings is 1. The Labute approximate surface area is 120 Å². The molecule has 0 bridgehead atoms. The van der Waals surface area contributed by atoms with E-state index in [1.807, 2.05) is 32.0 Å². The molecule has 19 heavy (non-hydrogen) atoms. The number of carboxylic acids is 1. The van der Waals surface area contributed by atoms with E-state index in [9.17, 15) is 4.79 Å². The van der Waals surface area contributed by atoms with Crippen LogP contribution in [0, 0.1) is 6.92 Å². The Morgan fingerprint density at radius 3 is 2.84 bits per heavy atom. The first kappa shape index (κ1) is 13.8. The molecule has 0 spiro atoms. The highest BCUT2D eigenvalue weighted by atomic mass is 79.9. The average Bonchev–Trinajstić information content (AvgIpc) is 2.34. The third-order valence-corrected chi connectivity index (χ3v) is 3.43. The molecule has 1 aromatic heterocycles. The predicted octanol–water partition coefficient (Wildman–Crippen LogP) is 3.36. The third-order valence-electron chi connectivity index (χ3n) is 2.94. The molecule has 0 amide bonds. The predicted molar refractivity (Wildman–Crippen MR) is 79.7 cm³/mol. The van der Waals surface area contributed by atoms with Crippen LogP contribution in [0.25, 0.3) is 10.9 Å². The lowest BCUT2D eigenvalue weighted by molar-refractivity contribution is -0.136. The van der Waals surface area contributed by atoms with E-state index in [4.69, 9.17) is 5.11 Å². The number of aryl methyl sites for hydroxylation is 1. The lowest BCUT2D eigenvalue weighted by atomic mass is 10.0. The van der Waals surface area contributed by atoms with Gasteiger partial charge in [-0.05, 0) is 32.0 Å². The van der Waals surface area contributed by atoms with Crippen molar-refractivity contribution in [2.75, 3.05) is 11.9 Å². The summed E-state index contributed by atoms with van der Waals surface area (Å²) in [6.45, 7) is 4.57. The van der Waals surface area contributed by atoms with Gasteiger partial charge in [-0.15, -0.1) is 0 Å². The molecule has 0 aliphatic rings. The van der Waals surface area contributed by atoms with Crippen LogP contribution in [-0.2, 0) is 11.2 Å². The summed E-state index contributed by atoms with van der Waals surface area (Å²) in [5.74, 6) is -0.849. The molecule has 2 N–H and O–H groups in total. The van der Waals surface area contributed by atoms with Gasteiger partial charge in [-0.3, -0.25) is 9.78 Å². The van der Waals surface area contributed by atoms with Crippen LogP contribution in [0.1, 0.15) is 18.2 Å². The Balaban J connectivity index is 2.74. The lowest BCUT2D eigenvalue weighted by Crippen LogP contribution is -2.10. The summed E-state index contributed by atoms with van der Waals surface area (Å²) in [6, 6.07) is 5.82. The van der Waals surface area contributed by atoms with Crippen LogP contribution >= 0.6 is 15.9 Å². The van der Waals surface area contributed by atoms with E-state index < -0.39 is 5.97 Å². The van der Waals surface area contributed by atoms with Crippen LogP contribution in [0.4, 0.5) is 5.69 Å². The zero-order chi connectivity index (χ0) is 14.0. The van der Waals surface area contributed by atoms with Crippen LogP contribution < -0.4 is 5.32 Å². The van der Waals surface area contributed by atoms with Crippen molar-refractivity contribution in [1.29, 1.82) is 0 Å². The lowest BCUT2D eigenvalue weighted by Gasteiger charge is -2.15. The second kappa shape index (κ2) is 5.57. The SMILES string of the molecule is CCNc1c(CC(=O)O)c(C)nc2ccc(Br)cc12. The van der Waals surface area contributed by atoms with Gasteiger partial charge in [0.05, 0.1) is 11.9 Å². The van der Waals surface area contributed by atoms with Gasteiger partial charge in [0.1, 0.15) is 0 Å². The number of nitrogens with zero attached hydrogens (tertiary/aromatic N) is 1. The number of nitrogens with one attached hydrogen (secondary N) is 1. The molecule has 2 rings (SSSR count). The van der Waals surface area contributed by atoms with Crippen LogP contribution in [-0.4, -0.2) is 22.6 Å². The number of halogens is 1. The maximum atomic E-state index is 11.0. The summed E-state index contributed by atoms with van der Waals surface area (Å²) in [4.78, 5) is 15.5. The van der Waals surface area contributed by atoms with Gasteiger partial charge < -0.3 is 10.4 Å². The quantitative estimate of drug-likeness (QED) is 0.906. The summed E-state index contributed by atoms with van der Waals surface area (Å²) in [5, 5.41) is 13.3. The Hall–Kier alpha value is -1.62. The Morgan fingerprint density at radius 1 is 1.47 bits per heavy atom. The van der Waals surface area contributed by atoms with E-state index >= 15 is 0 Å². The maximum absolute atomic E-state index is 11.0. The van der Waals surface area contributed by atoms with Crippen molar-refractivity contribution in [3.05, 3.63) is 33.9 Å². The molecular formula is C14H15BrN2O2. The standard InChI is InChI=1S/C14H15BrN2O2/c1-3-16-14-10(7-13(18)19)8(2)17-12-5-4-9(15)6-11(12)14/h4-6H,3,7H2,1-2H3,(H,16,17)(H,18,19). The monoisotopic (exact) mass is 322 g/mol. The van der Waals surface area contributed by atoms with Gasteiger partial charge in [0, 0.05) is 33.3 Å². The molecular weight excluding hydrogens is 308 g/mol. The zero-order valence-electron chi connectivity index (χ0n) is 10.8. The fourth-order valence-corrected chi connectivity index (χ4v) is 2.50. The second-order valence-electron chi connectivity index (χ2n) is 4.31. The number of carbonyl (C=O) groups is 1. The number of fused-ring (bicyclic) bond motifs is 1. The minimum absolute atomic E-state index is 0.0242. The molecule has 0 aliphatic carbocycles. The molecule has 0 saturated carbocycles. The molecule has 0 unspecified atom stereocenters. The molecule has 0 radical (unpaired) electrons. The molecule has 0 saturated heterocycles. The van der Waals surface area contributed by atoms with Gasteiger partial charge in [-0.2, -0.15) is 0 Å². The zero-order valence-corrected chi connectivity index (χ0v) is 12.4. The largest absolute Gasteiger partial charge is 0.481 e. The number of hydrogen-bond donors (Lipinski definition) is 2. The van der Waals surface area contributed by atoms with Crippen molar-refractivity contribution >= 4 is 38.5 Å². The first-order chi connectivity index (χ1) is 9.02. The number of benzene rings is 1. The van der Waals surface area contributed by atoms with Gasteiger partial charge >= 0.3 is 5.97 Å². The number of aliphatic carboxylic acids is 1. The van der Waals surface area contributed by atoms with Crippen molar-refractivity contribution in [2.24, 2.45) is 0 Å². The van der Waals surface area contributed by atoms with E-state index in [2.05, 4.69) is 26.2 Å². The smallest absolute Gasteiger partial charge is 0.307 e. The van der Waals surface area contributed by atoms with Crippen molar-refractivity contribution in [2.45, 2.75) is 20.3 Å². The fourth-order valence-electron chi connectivity index (χ4n) is 2.14. The summed E-state index contributed by atoms with van der Waals surface area (Å²) < 4.78 is 0.950. The minimum atomic E-state index is -0.849. The third kappa shape index (κ3) is 2.87. The summed E-state index contributed by atoms with van der Waals surface area (Å²) in [5.41, 5.74) is 3.24. The molecule has 100 valence electrons. The Morgan fingerprint density at radius 2 is 2.21 bits per heavy atom. The van der Waals surface area contributed by atoms with Gasteiger partial charge in [-0.25, -0.2) is 0 Å². The second-order valence-corrected chi connectivity index (χ2v) is 5.23. The van der Waals surface area contributed by atoms with Gasteiger partial charge in [0.2, 0.25) is 0 Å². The normalized spacial score (nSPS) is 10.7. The van der Waals surface area contributed by atoms with Crippen LogP contribution in [0.3, 0.4) is 0 Å². The van der Waals surface area contributed by atoms with Crippen LogP contribution in [0.5, 0.6) is 0 Å². The summed E-state index contributed by atoms with van der Waals surface area (Å²) in [6.07, 6.45) is -0.0242. The van der Waals surface area contributed by atoms with Gasteiger partial charge in [0.15, 0.2) is 0 Å². The van der Waals surface area contributed by atoms with E-state index in [0.717, 1.165) is 38.9 Å². The molecule has 0 atom stereocenters. The molecule has 1 heterocycles. The van der Waals surface area contributed by atoms with E-state index in [1.165, 1.54) is 0 Å². The van der Waals surface area contributed by atoms with E-state index in [1.54, 1.807) is 0 Å². The average molecular weight is 323 g/mol. The highest BCUT2D eigenvalue weighted by molar-refractivity contribution is 9.10. The highest BCUT2D eigenvalue weighted by Crippen LogP contribution is 2.31. The van der Waals surface area contributed by atoms with Crippen LogP contribution in [0.15, 0.2) is 22.7 Å². The summed E-state index contributed by atoms with van der Waals surface area (Å²) in [7, 11) is 0. The Kier molecular flexibility index (Phi) is 4.04. The number of rotatable bonds is 4. The topological polar surface area (TPSA) is 62.2 Å². The fraction of sp³-hybridized carbons (Fsp3) is 0.286. The first-order valence-corrected chi connectivity index (χ1v) is 6.86. The van der Waals surface area contributed by atoms with E-state index in [-0.39, 0.29) is 6.42 Å². The van der Waals surface area contributed by atoms with E-state index in [0.29, 0.717) is 0 Å². The van der Waals surface area contributed by atoms with Gasteiger partial charge in [0.25, 0.3) is 0 Å². The molecule has 0 aliphatic heterocycles. The minimum Gasteiger partial charge on any atom is -0.481 e. The highest BCUT2D eigenvalue weighted by Gasteiger charge is 2.15. The number of anilines is 1. The van der Waals surface area contributed by atoms with Crippen molar-refractivity contribution in [3.63, 3.8) is 0 Å². The maximum Gasteiger partial charge on any atom is 0.307 e. The number of hydrogen-bond acceptors (Lipinski definition) is 3. The summed E-state index contributed by atoms with van der Waals surface area (Å²) >= 11 is 3.44. The molecule has 1 aromatic carbocycles. The Bertz CT molecular complexity index is 641. The molecule has 0 fully saturated rings. The molecule has 2 aromatic rings. The van der Waals surface area contributed by atoms with Crippen molar-refractivity contribution in [1.82, 2.24) is 4.98 Å². The molecule has 5 heteroatoms. The van der Waals surface area contributed by atoms with Crippen molar-refractivity contribution in [3.8, 4) is 0 Å². The van der Waals surface area contributed by atoms with Crippen molar-refractivity contribution < 1.29 is 9.90 Å². The first-order valence-electron chi connectivity index (χ1n) is 6.07. The molecule has 4 nitrogen and oxygen atoms in total. The van der Waals surface area contributed by atoms with Gasteiger partial charge in [-0.1, -0.05) is 15.9 Å². The van der Waals surface area contributed by atoms with Crippen LogP contribution in [0.2, 0.25) is 0 Å².